The maximum absolute atomic E-state index is 12.7. The van der Waals surface area contributed by atoms with Gasteiger partial charge in [-0.3, -0.25) is 4.31 Å². The molecule has 0 aliphatic rings. The third-order valence-electron chi connectivity index (χ3n) is 3.11. The van der Waals surface area contributed by atoms with Crippen molar-refractivity contribution >= 4 is 15.9 Å². The molecule has 0 amide bonds. The molecule has 2 N–H and O–H groups in total. The van der Waals surface area contributed by atoms with Gasteiger partial charge in [0.05, 0.1) is 5.69 Å². The van der Waals surface area contributed by atoms with E-state index in [4.69, 9.17) is 5.73 Å². The van der Waals surface area contributed by atoms with Crippen LogP contribution in [0.25, 0.3) is 0 Å². The third-order valence-corrected chi connectivity index (χ3v) is 5.03. The van der Waals surface area contributed by atoms with Gasteiger partial charge in [-0.2, -0.15) is 12.7 Å². The van der Waals surface area contributed by atoms with Gasteiger partial charge in [0.1, 0.15) is 0 Å². The van der Waals surface area contributed by atoms with Crippen LogP contribution in [0.2, 0.25) is 0 Å². The van der Waals surface area contributed by atoms with E-state index >= 15 is 0 Å². The number of hydrogen-bond acceptors (Lipinski definition) is 3. The van der Waals surface area contributed by atoms with Crippen molar-refractivity contribution in [2.45, 2.75) is 26.2 Å². The first-order valence-corrected chi connectivity index (χ1v) is 8.42. The fourth-order valence-corrected chi connectivity index (χ4v) is 3.32. The summed E-state index contributed by atoms with van der Waals surface area (Å²) < 4.78 is 28.2. The van der Waals surface area contributed by atoms with Crippen molar-refractivity contribution in [3.8, 4) is 0 Å². The zero-order valence-corrected chi connectivity index (χ0v) is 13.1. The predicted molar refractivity (Wildman–Crippen MR) is 83.9 cm³/mol. The van der Waals surface area contributed by atoms with Crippen LogP contribution in [0.1, 0.15) is 26.2 Å². The molecule has 1 rings (SSSR count). The van der Waals surface area contributed by atoms with Gasteiger partial charge in [0, 0.05) is 20.1 Å². The molecule has 1 aromatic carbocycles. The average Bonchev–Trinajstić information content (AvgIpc) is 2.46. The van der Waals surface area contributed by atoms with Crippen molar-refractivity contribution in [2.24, 2.45) is 5.73 Å². The van der Waals surface area contributed by atoms with Gasteiger partial charge < -0.3 is 5.73 Å². The second kappa shape index (κ2) is 8.24. The lowest BCUT2D eigenvalue weighted by Gasteiger charge is -2.29. The topological polar surface area (TPSA) is 66.6 Å². The average molecular weight is 299 g/mol. The molecule has 0 saturated heterocycles. The van der Waals surface area contributed by atoms with E-state index in [1.165, 1.54) is 8.61 Å². The third kappa shape index (κ3) is 4.47. The Morgan fingerprint density at radius 3 is 2.30 bits per heavy atom. The van der Waals surface area contributed by atoms with Crippen molar-refractivity contribution in [1.29, 1.82) is 0 Å². The molecule has 5 nitrogen and oxygen atoms in total. The van der Waals surface area contributed by atoms with Crippen LogP contribution in [0.4, 0.5) is 5.69 Å². The smallest absolute Gasteiger partial charge is 0.303 e. The zero-order valence-electron chi connectivity index (χ0n) is 12.3. The van der Waals surface area contributed by atoms with Crippen LogP contribution in [0.5, 0.6) is 0 Å². The Morgan fingerprint density at radius 1 is 1.10 bits per heavy atom. The second-order valence-electron chi connectivity index (χ2n) is 4.73. The van der Waals surface area contributed by atoms with Gasteiger partial charge in [-0.05, 0) is 31.5 Å². The van der Waals surface area contributed by atoms with E-state index in [9.17, 15) is 8.42 Å². The summed E-state index contributed by atoms with van der Waals surface area (Å²) in [5.74, 6) is 0. The molecule has 6 heteroatoms. The van der Waals surface area contributed by atoms with Crippen molar-refractivity contribution in [2.75, 3.05) is 31.0 Å². The lowest BCUT2D eigenvalue weighted by atomic mass is 10.3. The lowest BCUT2D eigenvalue weighted by molar-refractivity contribution is 0.459. The van der Waals surface area contributed by atoms with Crippen molar-refractivity contribution in [1.82, 2.24) is 4.31 Å². The summed E-state index contributed by atoms with van der Waals surface area (Å²) in [5.41, 5.74) is 6.16. The SMILES string of the molecule is CCCCN(c1ccccc1)S(=O)(=O)N(C)CCCN. The number of rotatable bonds is 9. The minimum absolute atomic E-state index is 0.439. The highest BCUT2D eigenvalue weighted by Crippen LogP contribution is 2.20. The van der Waals surface area contributed by atoms with Gasteiger partial charge in [-0.1, -0.05) is 31.5 Å². The molecule has 0 aliphatic carbocycles. The fraction of sp³-hybridized carbons (Fsp3) is 0.571. The van der Waals surface area contributed by atoms with Crippen LogP contribution in [0, 0.1) is 0 Å². The minimum atomic E-state index is -3.49. The molecule has 0 aliphatic heterocycles. The molecule has 0 radical (unpaired) electrons. The Morgan fingerprint density at radius 2 is 1.75 bits per heavy atom. The highest BCUT2D eigenvalue weighted by molar-refractivity contribution is 7.90. The van der Waals surface area contributed by atoms with E-state index in [2.05, 4.69) is 0 Å². The van der Waals surface area contributed by atoms with Gasteiger partial charge >= 0.3 is 10.2 Å². The predicted octanol–water partition coefficient (Wildman–Crippen LogP) is 1.82. The summed E-state index contributed by atoms with van der Waals surface area (Å²) in [6.07, 6.45) is 2.44. The quantitative estimate of drug-likeness (QED) is 0.756. The van der Waals surface area contributed by atoms with Crippen LogP contribution >= 0.6 is 0 Å². The summed E-state index contributed by atoms with van der Waals surface area (Å²) in [5, 5.41) is 0. The Labute approximate surface area is 122 Å². The highest BCUT2D eigenvalue weighted by atomic mass is 32.2. The maximum atomic E-state index is 12.7. The van der Waals surface area contributed by atoms with Gasteiger partial charge in [0.15, 0.2) is 0 Å². The molecule has 0 bridgehead atoms. The molecule has 0 unspecified atom stereocenters. The highest BCUT2D eigenvalue weighted by Gasteiger charge is 2.26. The summed E-state index contributed by atoms with van der Waals surface area (Å²) in [6, 6.07) is 9.23. The Kier molecular flexibility index (Phi) is 6.98. The first-order valence-electron chi connectivity index (χ1n) is 7.03. The normalized spacial score (nSPS) is 11.8. The fourth-order valence-electron chi connectivity index (χ4n) is 1.87. The van der Waals surface area contributed by atoms with E-state index in [-0.39, 0.29) is 0 Å². The van der Waals surface area contributed by atoms with Crippen LogP contribution < -0.4 is 10.0 Å². The van der Waals surface area contributed by atoms with Crippen molar-refractivity contribution in [3.63, 3.8) is 0 Å². The number of benzene rings is 1. The molecule has 0 aromatic heterocycles. The summed E-state index contributed by atoms with van der Waals surface area (Å²) in [6.45, 7) is 3.47. The van der Waals surface area contributed by atoms with Crippen LogP contribution in [-0.2, 0) is 10.2 Å². The number of nitrogens with two attached hydrogens (primary N) is 1. The number of anilines is 1. The Balaban J connectivity index is 2.97. The molecule has 0 atom stereocenters. The van der Waals surface area contributed by atoms with E-state index in [0.29, 0.717) is 31.7 Å². The molecular weight excluding hydrogens is 274 g/mol. The summed E-state index contributed by atoms with van der Waals surface area (Å²) in [7, 11) is -1.88. The zero-order chi connectivity index (χ0) is 15.0. The van der Waals surface area contributed by atoms with Crippen molar-refractivity contribution < 1.29 is 8.42 Å². The van der Waals surface area contributed by atoms with E-state index < -0.39 is 10.2 Å². The number of nitrogens with zero attached hydrogens (tertiary/aromatic N) is 2. The largest absolute Gasteiger partial charge is 0.330 e. The van der Waals surface area contributed by atoms with Crippen molar-refractivity contribution in [3.05, 3.63) is 30.3 Å². The molecular formula is C14H25N3O2S. The molecule has 114 valence electrons. The van der Waals surface area contributed by atoms with E-state index in [1.54, 1.807) is 7.05 Å². The molecule has 20 heavy (non-hydrogen) atoms. The summed E-state index contributed by atoms with van der Waals surface area (Å²) in [4.78, 5) is 0. The van der Waals surface area contributed by atoms with E-state index in [0.717, 1.165) is 12.8 Å². The second-order valence-corrected chi connectivity index (χ2v) is 6.69. The molecule has 0 heterocycles. The first-order chi connectivity index (χ1) is 9.54. The Bertz CT molecular complexity index is 476. The first kappa shape index (κ1) is 16.9. The van der Waals surface area contributed by atoms with Gasteiger partial charge in [-0.25, -0.2) is 0 Å². The van der Waals surface area contributed by atoms with Gasteiger partial charge in [-0.15, -0.1) is 0 Å². The van der Waals surface area contributed by atoms with Gasteiger partial charge in [0.25, 0.3) is 0 Å². The molecule has 0 fully saturated rings. The maximum Gasteiger partial charge on any atom is 0.303 e. The number of hydrogen-bond donors (Lipinski definition) is 1. The van der Waals surface area contributed by atoms with E-state index in [1.807, 2.05) is 37.3 Å². The minimum Gasteiger partial charge on any atom is -0.330 e. The number of unbranched alkanes of at least 4 members (excludes halogenated alkanes) is 1. The van der Waals surface area contributed by atoms with Gasteiger partial charge in [0.2, 0.25) is 0 Å². The monoisotopic (exact) mass is 299 g/mol. The van der Waals surface area contributed by atoms with Crippen LogP contribution in [0.3, 0.4) is 0 Å². The van der Waals surface area contributed by atoms with Crippen LogP contribution in [-0.4, -0.2) is 39.4 Å². The standard InChI is InChI=1S/C14H25N3O2S/c1-3-4-13-17(14-9-6-5-7-10-14)20(18,19)16(2)12-8-11-15/h5-7,9-10H,3-4,8,11-13,15H2,1-2H3. The summed E-state index contributed by atoms with van der Waals surface area (Å²) >= 11 is 0. The molecule has 0 spiro atoms. The number of para-hydroxylation sites is 1. The lowest BCUT2D eigenvalue weighted by Crippen LogP contribution is -2.43. The molecule has 1 aromatic rings. The van der Waals surface area contributed by atoms with Crippen LogP contribution in [0.15, 0.2) is 30.3 Å². The Hall–Kier alpha value is -1.11. The molecule has 0 saturated carbocycles.